The minimum atomic E-state index is -0.420. The highest BCUT2D eigenvalue weighted by Crippen LogP contribution is 2.24. The van der Waals surface area contributed by atoms with Gasteiger partial charge in [-0.2, -0.15) is 0 Å². The average Bonchev–Trinajstić information content (AvgIpc) is 2.81. The van der Waals surface area contributed by atoms with E-state index < -0.39 is 4.92 Å². The summed E-state index contributed by atoms with van der Waals surface area (Å²) in [5.74, 6) is 0.645. The van der Waals surface area contributed by atoms with Gasteiger partial charge in [0, 0.05) is 24.2 Å². The Labute approximate surface area is 112 Å². The molecule has 0 radical (unpaired) electrons. The van der Waals surface area contributed by atoms with Crippen molar-refractivity contribution in [2.75, 3.05) is 20.2 Å². The van der Waals surface area contributed by atoms with Gasteiger partial charge in [-0.05, 0) is 38.6 Å². The van der Waals surface area contributed by atoms with Gasteiger partial charge < -0.3 is 15.4 Å². The fourth-order valence-electron chi connectivity index (χ4n) is 2.38. The molecule has 1 heterocycles. The van der Waals surface area contributed by atoms with Crippen LogP contribution in [0.5, 0.6) is 5.75 Å². The molecule has 0 aliphatic carbocycles. The highest BCUT2D eigenvalue weighted by atomic mass is 16.6. The van der Waals surface area contributed by atoms with Crippen LogP contribution in [0.4, 0.5) is 5.69 Å². The molecule has 6 nitrogen and oxygen atoms in total. The lowest BCUT2D eigenvalue weighted by Crippen LogP contribution is -2.30. The van der Waals surface area contributed by atoms with Crippen LogP contribution in [0.15, 0.2) is 18.2 Å². The van der Waals surface area contributed by atoms with Crippen LogP contribution in [0.1, 0.15) is 18.4 Å². The number of nitrogens with zero attached hydrogens (tertiary/aromatic N) is 2. The van der Waals surface area contributed by atoms with E-state index in [9.17, 15) is 10.1 Å². The molecule has 0 unspecified atom stereocenters. The minimum absolute atomic E-state index is 0.0489. The normalized spacial score (nSPS) is 19.6. The first-order valence-corrected chi connectivity index (χ1v) is 6.42. The van der Waals surface area contributed by atoms with Gasteiger partial charge in [-0.1, -0.05) is 0 Å². The lowest BCUT2D eigenvalue weighted by atomic mass is 10.1. The van der Waals surface area contributed by atoms with Crippen molar-refractivity contribution in [1.82, 2.24) is 4.90 Å². The number of nitro groups is 1. The van der Waals surface area contributed by atoms with Crippen LogP contribution in [-0.4, -0.2) is 36.1 Å². The molecule has 1 aromatic rings. The summed E-state index contributed by atoms with van der Waals surface area (Å²) in [5.41, 5.74) is 6.08. The Balaban J connectivity index is 2.02. The van der Waals surface area contributed by atoms with Crippen molar-refractivity contribution in [3.8, 4) is 5.75 Å². The maximum atomic E-state index is 10.8. The van der Waals surface area contributed by atoms with Gasteiger partial charge in [0.05, 0.1) is 4.92 Å². The van der Waals surface area contributed by atoms with Crippen LogP contribution in [0.2, 0.25) is 0 Å². The maximum Gasteiger partial charge on any atom is 0.274 e. The standard InChI is InChI=1S/C13H19N3O3/c1-15-6-2-3-11(15)9-19-12-4-5-13(16(17)18)10(7-12)8-14/h4-5,7,11H,2-3,6,8-9,14H2,1H3/t11-/m0/s1. The Morgan fingerprint density at radius 2 is 2.37 bits per heavy atom. The number of nitrogens with two attached hydrogens (primary N) is 1. The first-order valence-electron chi connectivity index (χ1n) is 6.42. The number of rotatable bonds is 5. The predicted octanol–water partition coefficient (Wildman–Crippen LogP) is 1.53. The Morgan fingerprint density at radius 3 is 2.95 bits per heavy atom. The summed E-state index contributed by atoms with van der Waals surface area (Å²) in [6.45, 7) is 1.84. The van der Waals surface area contributed by atoms with E-state index in [1.54, 1.807) is 12.1 Å². The van der Waals surface area contributed by atoms with E-state index in [0.717, 1.165) is 13.0 Å². The summed E-state index contributed by atoms with van der Waals surface area (Å²) in [5, 5.41) is 10.8. The van der Waals surface area contributed by atoms with E-state index in [1.807, 2.05) is 0 Å². The highest BCUT2D eigenvalue weighted by Gasteiger charge is 2.21. The van der Waals surface area contributed by atoms with Crippen molar-refractivity contribution in [2.24, 2.45) is 5.73 Å². The number of hydrogen-bond donors (Lipinski definition) is 1. The van der Waals surface area contributed by atoms with Crippen LogP contribution < -0.4 is 10.5 Å². The summed E-state index contributed by atoms with van der Waals surface area (Å²) in [4.78, 5) is 12.7. The molecule has 2 N–H and O–H groups in total. The molecule has 0 saturated carbocycles. The first-order chi connectivity index (χ1) is 9.11. The first kappa shape index (κ1) is 13.8. The van der Waals surface area contributed by atoms with E-state index in [4.69, 9.17) is 10.5 Å². The number of ether oxygens (including phenoxy) is 1. The SMILES string of the molecule is CN1CCC[C@H]1COc1ccc([N+](=O)[O-])c(CN)c1. The second kappa shape index (κ2) is 5.99. The largest absolute Gasteiger partial charge is 0.492 e. The van der Waals surface area contributed by atoms with E-state index in [-0.39, 0.29) is 12.2 Å². The van der Waals surface area contributed by atoms with Crippen molar-refractivity contribution >= 4 is 5.69 Å². The predicted molar refractivity (Wildman–Crippen MR) is 72.1 cm³/mol. The number of likely N-dealkylation sites (tertiary alicyclic amines) is 1. The Bertz CT molecular complexity index is 464. The maximum absolute atomic E-state index is 10.8. The van der Waals surface area contributed by atoms with Gasteiger partial charge in [0.2, 0.25) is 0 Å². The van der Waals surface area contributed by atoms with Gasteiger partial charge in [0.15, 0.2) is 0 Å². The molecule has 1 fully saturated rings. The third-order valence-corrected chi connectivity index (χ3v) is 3.58. The number of benzene rings is 1. The van der Waals surface area contributed by atoms with Gasteiger partial charge in [-0.3, -0.25) is 10.1 Å². The summed E-state index contributed by atoms with van der Waals surface area (Å²) in [6.07, 6.45) is 2.33. The monoisotopic (exact) mass is 265 g/mol. The molecule has 0 spiro atoms. The molecule has 1 saturated heterocycles. The molecule has 1 aliphatic rings. The van der Waals surface area contributed by atoms with Crippen molar-refractivity contribution in [3.63, 3.8) is 0 Å². The van der Waals surface area contributed by atoms with Crippen LogP contribution in [-0.2, 0) is 6.54 Å². The molecule has 104 valence electrons. The molecule has 0 aromatic heterocycles. The van der Waals surface area contributed by atoms with Crippen LogP contribution in [0.25, 0.3) is 0 Å². The number of nitro benzene ring substituents is 1. The molecule has 19 heavy (non-hydrogen) atoms. The summed E-state index contributed by atoms with van der Waals surface area (Å²) >= 11 is 0. The Hall–Kier alpha value is -1.66. The zero-order chi connectivity index (χ0) is 13.8. The van der Waals surface area contributed by atoms with E-state index >= 15 is 0 Å². The molecular formula is C13H19N3O3. The van der Waals surface area contributed by atoms with Gasteiger partial charge in [0.25, 0.3) is 5.69 Å². The molecule has 1 atom stereocenters. The third-order valence-electron chi connectivity index (χ3n) is 3.58. The van der Waals surface area contributed by atoms with Gasteiger partial charge in [-0.25, -0.2) is 0 Å². The topological polar surface area (TPSA) is 81.6 Å². The van der Waals surface area contributed by atoms with Crippen molar-refractivity contribution in [3.05, 3.63) is 33.9 Å². The highest BCUT2D eigenvalue weighted by molar-refractivity contribution is 5.45. The lowest BCUT2D eigenvalue weighted by molar-refractivity contribution is -0.385. The number of likely N-dealkylation sites (N-methyl/N-ethyl adjacent to an activating group) is 1. The fraction of sp³-hybridized carbons (Fsp3) is 0.538. The van der Waals surface area contributed by atoms with Gasteiger partial charge in [0.1, 0.15) is 12.4 Å². The Morgan fingerprint density at radius 1 is 1.58 bits per heavy atom. The minimum Gasteiger partial charge on any atom is -0.492 e. The molecule has 1 aromatic carbocycles. The average molecular weight is 265 g/mol. The third kappa shape index (κ3) is 3.21. The molecule has 2 rings (SSSR count). The second-order valence-electron chi connectivity index (χ2n) is 4.84. The van der Waals surface area contributed by atoms with Gasteiger partial charge in [-0.15, -0.1) is 0 Å². The lowest BCUT2D eigenvalue weighted by Gasteiger charge is -2.19. The van der Waals surface area contributed by atoms with E-state index in [2.05, 4.69) is 11.9 Å². The zero-order valence-corrected chi connectivity index (χ0v) is 11.0. The Kier molecular flexibility index (Phi) is 4.34. The summed E-state index contributed by atoms with van der Waals surface area (Å²) < 4.78 is 5.72. The van der Waals surface area contributed by atoms with Crippen molar-refractivity contribution in [1.29, 1.82) is 0 Å². The van der Waals surface area contributed by atoms with Gasteiger partial charge >= 0.3 is 0 Å². The van der Waals surface area contributed by atoms with E-state index in [1.165, 1.54) is 12.5 Å². The molecule has 0 amide bonds. The molecule has 1 aliphatic heterocycles. The molecule has 6 heteroatoms. The number of hydrogen-bond acceptors (Lipinski definition) is 5. The molecular weight excluding hydrogens is 246 g/mol. The van der Waals surface area contributed by atoms with Crippen molar-refractivity contribution in [2.45, 2.75) is 25.4 Å². The van der Waals surface area contributed by atoms with Crippen LogP contribution in [0, 0.1) is 10.1 Å². The summed E-state index contributed by atoms with van der Waals surface area (Å²) in [6, 6.07) is 5.17. The smallest absolute Gasteiger partial charge is 0.274 e. The quantitative estimate of drug-likeness (QED) is 0.645. The van der Waals surface area contributed by atoms with Crippen LogP contribution >= 0.6 is 0 Å². The summed E-state index contributed by atoms with van der Waals surface area (Å²) in [7, 11) is 2.09. The van der Waals surface area contributed by atoms with Crippen LogP contribution in [0.3, 0.4) is 0 Å². The second-order valence-corrected chi connectivity index (χ2v) is 4.84. The molecule has 0 bridgehead atoms. The fourth-order valence-corrected chi connectivity index (χ4v) is 2.38. The zero-order valence-electron chi connectivity index (χ0n) is 11.0. The van der Waals surface area contributed by atoms with E-state index in [0.29, 0.717) is 24.0 Å². The van der Waals surface area contributed by atoms with Crippen molar-refractivity contribution < 1.29 is 9.66 Å².